The van der Waals surface area contributed by atoms with Crippen LogP contribution in [-0.2, 0) is 6.18 Å². The molecular formula is C20H19F3N4O. The second kappa shape index (κ2) is 7.75. The summed E-state index contributed by atoms with van der Waals surface area (Å²) >= 11 is 0. The molecule has 0 unspecified atom stereocenters. The molecular weight excluding hydrogens is 369 g/mol. The molecule has 0 spiro atoms. The van der Waals surface area contributed by atoms with E-state index >= 15 is 0 Å². The Morgan fingerprint density at radius 3 is 2.04 bits per heavy atom. The van der Waals surface area contributed by atoms with Crippen molar-refractivity contribution in [1.29, 1.82) is 0 Å². The normalized spacial score (nSPS) is 11.2. The van der Waals surface area contributed by atoms with Gasteiger partial charge >= 0.3 is 6.18 Å². The molecule has 3 aromatic rings. The maximum atomic E-state index is 13.6. The van der Waals surface area contributed by atoms with Gasteiger partial charge in [0.1, 0.15) is 11.3 Å². The molecule has 28 heavy (non-hydrogen) atoms. The molecule has 8 heteroatoms. The number of nitrogens with zero attached hydrogens (tertiary/aromatic N) is 4. The molecule has 0 radical (unpaired) electrons. The summed E-state index contributed by atoms with van der Waals surface area (Å²) in [5.74, 6) is 0.542. The fourth-order valence-corrected chi connectivity index (χ4v) is 2.68. The van der Waals surface area contributed by atoms with Gasteiger partial charge in [-0.3, -0.25) is 0 Å². The van der Waals surface area contributed by atoms with E-state index in [1.165, 1.54) is 19.1 Å². The number of halogens is 3. The first-order valence-corrected chi connectivity index (χ1v) is 8.42. The fraction of sp³-hybridized carbons (Fsp3) is 0.200. The van der Waals surface area contributed by atoms with Crippen molar-refractivity contribution in [3.8, 4) is 5.75 Å². The van der Waals surface area contributed by atoms with Crippen LogP contribution >= 0.6 is 0 Å². The van der Waals surface area contributed by atoms with Gasteiger partial charge in [-0.2, -0.15) is 18.2 Å². The Morgan fingerprint density at radius 2 is 1.46 bits per heavy atom. The van der Waals surface area contributed by atoms with Crippen molar-refractivity contribution >= 4 is 23.1 Å². The Balaban J connectivity index is 2.05. The van der Waals surface area contributed by atoms with E-state index in [2.05, 4.69) is 9.97 Å². The summed E-state index contributed by atoms with van der Waals surface area (Å²) in [4.78, 5) is 11.2. The van der Waals surface area contributed by atoms with E-state index in [1.807, 2.05) is 30.3 Å². The van der Waals surface area contributed by atoms with Crippen LogP contribution in [0.25, 0.3) is 0 Å². The van der Waals surface area contributed by atoms with Crippen molar-refractivity contribution in [3.05, 3.63) is 66.4 Å². The quantitative estimate of drug-likeness (QED) is 0.613. The summed E-state index contributed by atoms with van der Waals surface area (Å²) in [6.07, 6.45) is -3.77. The van der Waals surface area contributed by atoms with Crippen molar-refractivity contribution in [3.63, 3.8) is 0 Å². The highest BCUT2D eigenvalue weighted by molar-refractivity contribution is 5.66. The highest BCUT2D eigenvalue weighted by Crippen LogP contribution is 2.38. The second-order valence-corrected chi connectivity index (χ2v) is 6.06. The number of para-hydroxylation sites is 1. The lowest BCUT2D eigenvalue weighted by molar-refractivity contribution is -0.137. The Kier molecular flexibility index (Phi) is 5.39. The smallest absolute Gasteiger partial charge is 0.421 e. The molecule has 0 aliphatic carbocycles. The lowest BCUT2D eigenvalue weighted by Gasteiger charge is -2.25. The number of rotatable bonds is 5. The van der Waals surface area contributed by atoms with E-state index in [0.717, 1.165) is 11.9 Å². The third-order valence-corrected chi connectivity index (χ3v) is 4.28. The number of benzene rings is 2. The molecule has 2 aromatic carbocycles. The number of hydrogen-bond donors (Lipinski definition) is 0. The molecule has 0 amide bonds. The summed E-state index contributed by atoms with van der Waals surface area (Å²) in [5, 5.41) is 0. The molecule has 0 bridgehead atoms. The van der Waals surface area contributed by atoms with Gasteiger partial charge in [-0.15, -0.1) is 0 Å². The van der Waals surface area contributed by atoms with Crippen LogP contribution < -0.4 is 14.5 Å². The van der Waals surface area contributed by atoms with Crippen LogP contribution in [0.4, 0.5) is 36.3 Å². The average Bonchev–Trinajstić information content (AvgIpc) is 2.72. The van der Waals surface area contributed by atoms with Crippen LogP contribution in [0.1, 0.15) is 5.56 Å². The lowest BCUT2D eigenvalue weighted by atomic mass is 10.2. The number of aromatic nitrogens is 2. The van der Waals surface area contributed by atoms with Gasteiger partial charge in [0.15, 0.2) is 5.82 Å². The van der Waals surface area contributed by atoms with Crippen LogP contribution in [0.2, 0.25) is 0 Å². The highest BCUT2D eigenvalue weighted by Gasteiger charge is 2.37. The van der Waals surface area contributed by atoms with Crippen LogP contribution in [0.5, 0.6) is 5.75 Å². The van der Waals surface area contributed by atoms with Gasteiger partial charge in [0.25, 0.3) is 0 Å². The zero-order valence-corrected chi connectivity index (χ0v) is 15.6. The highest BCUT2D eigenvalue weighted by atomic mass is 19.4. The first kappa shape index (κ1) is 19.5. The SMILES string of the molecule is COc1ccc(N(C)c2nc(N(C)c3ccccc3)ncc2C(F)(F)F)cc1. The predicted octanol–water partition coefficient (Wildman–Crippen LogP) is 5.04. The van der Waals surface area contributed by atoms with Gasteiger partial charge in [0.2, 0.25) is 5.95 Å². The number of ether oxygens (including phenoxy) is 1. The Morgan fingerprint density at radius 1 is 0.857 bits per heavy atom. The average molecular weight is 388 g/mol. The maximum absolute atomic E-state index is 13.6. The van der Waals surface area contributed by atoms with Crippen molar-refractivity contribution in [2.24, 2.45) is 0 Å². The van der Waals surface area contributed by atoms with Crippen LogP contribution in [0.15, 0.2) is 60.8 Å². The molecule has 0 N–H and O–H groups in total. The molecule has 5 nitrogen and oxygen atoms in total. The molecule has 0 saturated carbocycles. The number of methoxy groups -OCH3 is 1. The van der Waals surface area contributed by atoms with E-state index in [9.17, 15) is 13.2 Å². The summed E-state index contributed by atoms with van der Waals surface area (Å²) in [5.41, 5.74) is 0.398. The zero-order valence-electron chi connectivity index (χ0n) is 15.6. The van der Waals surface area contributed by atoms with E-state index < -0.39 is 11.7 Å². The summed E-state index contributed by atoms with van der Waals surface area (Å²) in [7, 11) is 4.76. The van der Waals surface area contributed by atoms with Crippen LogP contribution in [0, 0.1) is 0 Å². The minimum Gasteiger partial charge on any atom is -0.497 e. The first-order chi connectivity index (χ1) is 13.3. The number of anilines is 4. The van der Waals surface area contributed by atoms with Gasteiger partial charge in [0, 0.05) is 31.7 Å². The van der Waals surface area contributed by atoms with Crippen LogP contribution in [0.3, 0.4) is 0 Å². The molecule has 0 aliphatic heterocycles. The molecule has 146 valence electrons. The topological polar surface area (TPSA) is 41.5 Å². The summed E-state index contributed by atoms with van der Waals surface area (Å²) in [6, 6.07) is 15.9. The van der Waals surface area contributed by atoms with Crippen molar-refractivity contribution in [1.82, 2.24) is 9.97 Å². The third kappa shape index (κ3) is 4.00. The maximum Gasteiger partial charge on any atom is 0.421 e. The predicted molar refractivity (Wildman–Crippen MR) is 103 cm³/mol. The molecule has 0 fully saturated rings. The van der Waals surface area contributed by atoms with Gasteiger partial charge in [-0.25, -0.2) is 4.98 Å². The van der Waals surface area contributed by atoms with E-state index in [1.54, 1.807) is 36.2 Å². The Hall–Kier alpha value is -3.29. The van der Waals surface area contributed by atoms with Gasteiger partial charge in [0.05, 0.1) is 7.11 Å². The molecule has 0 atom stereocenters. The van der Waals surface area contributed by atoms with E-state index in [-0.39, 0.29) is 11.8 Å². The van der Waals surface area contributed by atoms with Crippen molar-refractivity contribution in [2.45, 2.75) is 6.18 Å². The number of hydrogen-bond acceptors (Lipinski definition) is 5. The zero-order chi connectivity index (χ0) is 20.3. The minimum absolute atomic E-state index is 0.162. The molecule has 0 aliphatic rings. The fourth-order valence-electron chi connectivity index (χ4n) is 2.68. The van der Waals surface area contributed by atoms with E-state index in [4.69, 9.17) is 4.74 Å². The summed E-state index contributed by atoms with van der Waals surface area (Å²) < 4.78 is 45.8. The first-order valence-electron chi connectivity index (χ1n) is 8.42. The van der Waals surface area contributed by atoms with Crippen molar-refractivity contribution in [2.75, 3.05) is 31.0 Å². The molecule has 3 rings (SSSR count). The monoisotopic (exact) mass is 388 g/mol. The lowest BCUT2D eigenvalue weighted by Crippen LogP contribution is -2.21. The Labute approximate surface area is 161 Å². The van der Waals surface area contributed by atoms with Gasteiger partial charge < -0.3 is 14.5 Å². The second-order valence-electron chi connectivity index (χ2n) is 6.06. The van der Waals surface area contributed by atoms with E-state index in [0.29, 0.717) is 11.4 Å². The van der Waals surface area contributed by atoms with Gasteiger partial charge in [-0.05, 0) is 36.4 Å². The van der Waals surface area contributed by atoms with Crippen LogP contribution in [-0.4, -0.2) is 31.2 Å². The minimum atomic E-state index is -4.58. The summed E-state index contributed by atoms with van der Waals surface area (Å²) in [6.45, 7) is 0. The van der Waals surface area contributed by atoms with Gasteiger partial charge in [-0.1, -0.05) is 18.2 Å². The number of alkyl halides is 3. The largest absolute Gasteiger partial charge is 0.497 e. The molecule has 1 aromatic heterocycles. The molecule has 1 heterocycles. The molecule has 0 saturated heterocycles. The standard InChI is InChI=1S/C20H19F3N4O/c1-26(15-9-11-16(28-3)12-10-15)18-17(20(21,22)23)13-24-19(25-18)27(2)14-7-5-4-6-8-14/h4-13H,1-3H3. The van der Waals surface area contributed by atoms with Crippen molar-refractivity contribution < 1.29 is 17.9 Å². The third-order valence-electron chi connectivity index (χ3n) is 4.28. The Bertz CT molecular complexity index is 930.